The highest BCUT2D eigenvalue weighted by atomic mass is 35.5. The molecule has 0 aliphatic heterocycles. The van der Waals surface area contributed by atoms with E-state index in [0.717, 1.165) is 11.3 Å². The summed E-state index contributed by atoms with van der Waals surface area (Å²) in [5.74, 6) is 0. The van der Waals surface area contributed by atoms with Crippen molar-refractivity contribution >= 4 is 33.0 Å². The minimum atomic E-state index is -3.51. The van der Waals surface area contributed by atoms with Gasteiger partial charge in [0.05, 0.1) is 6.20 Å². The molecule has 1 aromatic rings. The molecular formula is C8H13ClN2O3S2. The summed E-state index contributed by atoms with van der Waals surface area (Å²) in [5.41, 5.74) is 0. The summed E-state index contributed by atoms with van der Waals surface area (Å²) >= 11 is 6.54. The maximum Gasteiger partial charge on any atom is 0.254 e. The summed E-state index contributed by atoms with van der Waals surface area (Å²) in [7, 11) is -3.51. The van der Waals surface area contributed by atoms with E-state index in [2.05, 4.69) is 4.98 Å². The number of halogens is 1. The Balaban J connectivity index is 2.90. The van der Waals surface area contributed by atoms with Crippen LogP contribution in [-0.2, 0) is 10.0 Å². The number of aliphatic hydroxyl groups is 1. The molecule has 0 atom stereocenters. The molecule has 1 aromatic heterocycles. The number of aliphatic hydroxyl groups excluding tert-OH is 1. The molecule has 5 nitrogen and oxygen atoms in total. The van der Waals surface area contributed by atoms with E-state index < -0.39 is 10.0 Å². The summed E-state index contributed by atoms with van der Waals surface area (Å²) in [6.45, 7) is 2.37. The van der Waals surface area contributed by atoms with Gasteiger partial charge in [0, 0.05) is 19.7 Å². The summed E-state index contributed by atoms with van der Waals surface area (Å²) in [4.78, 5) is 3.71. The van der Waals surface area contributed by atoms with Gasteiger partial charge in [-0.15, -0.1) is 0 Å². The lowest BCUT2D eigenvalue weighted by molar-refractivity contribution is 0.271. The molecule has 0 unspecified atom stereocenters. The summed E-state index contributed by atoms with van der Waals surface area (Å²) < 4.78 is 25.7. The molecule has 0 fully saturated rings. The van der Waals surface area contributed by atoms with Crippen molar-refractivity contribution in [3.05, 3.63) is 10.7 Å². The van der Waals surface area contributed by atoms with E-state index in [-0.39, 0.29) is 15.3 Å². The van der Waals surface area contributed by atoms with E-state index in [1.807, 2.05) is 0 Å². The second-order valence-corrected chi connectivity index (χ2v) is 6.78. The molecule has 0 amide bonds. The van der Waals surface area contributed by atoms with Gasteiger partial charge in [-0.05, 0) is 6.42 Å². The lowest BCUT2D eigenvalue weighted by Gasteiger charge is -2.18. The Morgan fingerprint density at radius 2 is 2.31 bits per heavy atom. The van der Waals surface area contributed by atoms with Crippen molar-refractivity contribution in [1.29, 1.82) is 0 Å². The van der Waals surface area contributed by atoms with Crippen LogP contribution in [0.2, 0.25) is 4.47 Å². The molecule has 1 N–H and O–H groups in total. The number of hydrogen-bond donors (Lipinski definition) is 1. The van der Waals surface area contributed by atoms with Crippen LogP contribution in [0.25, 0.3) is 0 Å². The summed E-state index contributed by atoms with van der Waals surface area (Å²) in [5, 5.41) is 8.70. The van der Waals surface area contributed by atoms with E-state index in [1.54, 1.807) is 6.92 Å². The monoisotopic (exact) mass is 284 g/mol. The number of aromatic nitrogens is 1. The SMILES string of the molecule is CCN(CCCO)S(=O)(=O)c1cnc(Cl)s1. The fraction of sp³-hybridized carbons (Fsp3) is 0.625. The van der Waals surface area contributed by atoms with E-state index in [0.29, 0.717) is 19.5 Å². The predicted molar refractivity (Wildman–Crippen MR) is 63.3 cm³/mol. The average Bonchev–Trinajstić information content (AvgIpc) is 2.66. The van der Waals surface area contributed by atoms with Crippen molar-refractivity contribution in [2.45, 2.75) is 17.6 Å². The van der Waals surface area contributed by atoms with Crippen LogP contribution in [0, 0.1) is 0 Å². The van der Waals surface area contributed by atoms with Gasteiger partial charge in [0.2, 0.25) is 0 Å². The zero-order chi connectivity index (χ0) is 12.2. The van der Waals surface area contributed by atoms with Gasteiger partial charge in [0.15, 0.2) is 8.68 Å². The predicted octanol–water partition coefficient (Wildman–Crippen LogP) is 1.19. The first-order chi connectivity index (χ1) is 7.52. The third-order valence-corrected chi connectivity index (χ3v) is 5.49. The normalized spacial score (nSPS) is 12.2. The molecule has 1 heterocycles. The molecule has 16 heavy (non-hydrogen) atoms. The highest BCUT2D eigenvalue weighted by Crippen LogP contribution is 2.25. The van der Waals surface area contributed by atoms with E-state index >= 15 is 0 Å². The fourth-order valence-electron chi connectivity index (χ4n) is 1.18. The highest BCUT2D eigenvalue weighted by Gasteiger charge is 2.24. The number of hydrogen-bond acceptors (Lipinski definition) is 5. The molecular weight excluding hydrogens is 272 g/mol. The Hall–Kier alpha value is -0.210. The third kappa shape index (κ3) is 3.14. The number of nitrogens with zero attached hydrogens (tertiary/aromatic N) is 2. The van der Waals surface area contributed by atoms with Gasteiger partial charge in [-0.1, -0.05) is 29.9 Å². The van der Waals surface area contributed by atoms with Crippen LogP contribution in [0.3, 0.4) is 0 Å². The standard InChI is InChI=1S/C8H13ClN2O3S2/c1-2-11(4-3-5-12)16(13,14)7-6-10-8(9)15-7/h6,12H,2-5H2,1H3. The van der Waals surface area contributed by atoms with Gasteiger partial charge in [-0.25, -0.2) is 13.4 Å². The van der Waals surface area contributed by atoms with Crippen molar-refractivity contribution in [3.8, 4) is 0 Å². The van der Waals surface area contributed by atoms with Crippen molar-refractivity contribution in [1.82, 2.24) is 9.29 Å². The van der Waals surface area contributed by atoms with E-state index in [9.17, 15) is 8.42 Å². The Kier molecular flexibility index (Phi) is 5.13. The van der Waals surface area contributed by atoms with Gasteiger partial charge in [0.1, 0.15) is 0 Å². The van der Waals surface area contributed by atoms with Crippen LogP contribution >= 0.6 is 22.9 Å². The quantitative estimate of drug-likeness (QED) is 0.852. The topological polar surface area (TPSA) is 70.5 Å². The molecule has 0 saturated heterocycles. The zero-order valence-corrected chi connectivity index (χ0v) is 11.1. The Labute approximate surface area is 104 Å². The Morgan fingerprint density at radius 3 is 2.75 bits per heavy atom. The molecule has 0 spiro atoms. The molecule has 0 aliphatic rings. The van der Waals surface area contributed by atoms with Crippen LogP contribution in [0.5, 0.6) is 0 Å². The number of sulfonamides is 1. The van der Waals surface area contributed by atoms with Crippen LogP contribution in [-0.4, -0.2) is 42.5 Å². The van der Waals surface area contributed by atoms with Crippen molar-refractivity contribution in [2.75, 3.05) is 19.7 Å². The largest absolute Gasteiger partial charge is 0.396 e. The first-order valence-electron chi connectivity index (χ1n) is 4.74. The molecule has 0 aromatic carbocycles. The molecule has 0 bridgehead atoms. The second kappa shape index (κ2) is 5.92. The minimum absolute atomic E-state index is 0.0323. The molecule has 92 valence electrons. The van der Waals surface area contributed by atoms with Crippen LogP contribution < -0.4 is 0 Å². The maximum absolute atomic E-state index is 12.0. The molecule has 0 aliphatic carbocycles. The number of thiazole rings is 1. The van der Waals surface area contributed by atoms with Gasteiger partial charge < -0.3 is 5.11 Å². The molecule has 0 radical (unpaired) electrons. The first-order valence-corrected chi connectivity index (χ1v) is 7.38. The third-order valence-electron chi connectivity index (χ3n) is 1.97. The summed E-state index contributed by atoms with van der Waals surface area (Å²) in [6, 6.07) is 0. The number of rotatable bonds is 6. The van der Waals surface area contributed by atoms with E-state index in [4.69, 9.17) is 16.7 Å². The Morgan fingerprint density at radius 1 is 1.62 bits per heavy atom. The molecule has 0 saturated carbocycles. The highest BCUT2D eigenvalue weighted by molar-refractivity contribution is 7.91. The zero-order valence-electron chi connectivity index (χ0n) is 8.76. The lowest BCUT2D eigenvalue weighted by atomic mass is 10.4. The van der Waals surface area contributed by atoms with Gasteiger partial charge in [-0.3, -0.25) is 0 Å². The minimum Gasteiger partial charge on any atom is -0.396 e. The van der Waals surface area contributed by atoms with Crippen LogP contribution in [0.1, 0.15) is 13.3 Å². The van der Waals surface area contributed by atoms with E-state index in [1.165, 1.54) is 10.5 Å². The maximum atomic E-state index is 12.0. The van der Waals surface area contributed by atoms with Gasteiger partial charge in [-0.2, -0.15) is 4.31 Å². The van der Waals surface area contributed by atoms with Crippen molar-refractivity contribution in [2.24, 2.45) is 0 Å². The second-order valence-electron chi connectivity index (χ2n) is 3.01. The fourth-order valence-corrected chi connectivity index (χ4v) is 4.12. The Bertz CT molecular complexity index is 432. The van der Waals surface area contributed by atoms with Crippen LogP contribution in [0.4, 0.5) is 0 Å². The van der Waals surface area contributed by atoms with Crippen LogP contribution in [0.15, 0.2) is 10.4 Å². The van der Waals surface area contributed by atoms with Gasteiger partial charge in [0.25, 0.3) is 10.0 Å². The smallest absolute Gasteiger partial charge is 0.254 e. The first kappa shape index (κ1) is 13.9. The molecule has 8 heteroatoms. The summed E-state index contributed by atoms with van der Waals surface area (Å²) in [6.07, 6.45) is 1.67. The lowest BCUT2D eigenvalue weighted by Crippen LogP contribution is -2.31. The van der Waals surface area contributed by atoms with Crippen molar-refractivity contribution in [3.63, 3.8) is 0 Å². The van der Waals surface area contributed by atoms with Crippen molar-refractivity contribution < 1.29 is 13.5 Å². The average molecular weight is 285 g/mol. The van der Waals surface area contributed by atoms with Gasteiger partial charge >= 0.3 is 0 Å². The molecule has 1 rings (SSSR count).